The van der Waals surface area contributed by atoms with Gasteiger partial charge in [0.15, 0.2) is 0 Å². The predicted octanol–water partition coefficient (Wildman–Crippen LogP) is 2.92. The van der Waals surface area contributed by atoms with E-state index >= 15 is 0 Å². The van der Waals surface area contributed by atoms with Crippen LogP contribution in [0.25, 0.3) is 0 Å². The number of hydrogen-bond acceptors (Lipinski definition) is 3. The zero-order valence-electron chi connectivity index (χ0n) is 13.4. The third-order valence-corrected chi connectivity index (χ3v) is 3.46. The van der Waals surface area contributed by atoms with Gasteiger partial charge in [0.05, 0.1) is 0 Å². The van der Waals surface area contributed by atoms with Crippen LogP contribution >= 0.6 is 0 Å². The topological polar surface area (TPSA) is 78.4 Å². The zero-order chi connectivity index (χ0) is 17.7. The number of nitrogens with one attached hydrogen (secondary N) is 2. The van der Waals surface area contributed by atoms with Gasteiger partial charge in [-0.1, -0.05) is 19.9 Å². The highest BCUT2D eigenvalue weighted by molar-refractivity contribution is 6.01. The van der Waals surface area contributed by atoms with Gasteiger partial charge in [0.1, 0.15) is 17.6 Å². The maximum Gasteiger partial charge on any atom is 0.251 e. The van der Waals surface area contributed by atoms with E-state index < -0.39 is 23.7 Å². The van der Waals surface area contributed by atoms with E-state index in [0.29, 0.717) is 5.69 Å². The van der Waals surface area contributed by atoms with Crippen molar-refractivity contribution < 1.29 is 19.1 Å². The Kier molecular flexibility index (Phi) is 5.52. The summed E-state index contributed by atoms with van der Waals surface area (Å²) in [7, 11) is 0. The SMILES string of the molecule is CC(C)C(NC(=O)c1ccc(F)cc1)C(=O)Nc1cccc(O)c1. The molecular weight excluding hydrogens is 311 g/mol. The lowest BCUT2D eigenvalue weighted by Crippen LogP contribution is -2.47. The quantitative estimate of drug-likeness (QED) is 0.789. The molecule has 0 saturated heterocycles. The molecule has 0 aromatic heterocycles. The molecule has 24 heavy (non-hydrogen) atoms. The summed E-state index contributed by atoms with van der Waals surface area (Å²) in [5.74, 6) is -1.42. The van der Waals surface area contributed by atoms with Gasteiger partial charge in [-0.15, -0.1) is 0 Å². The van der Waals surface area contributed by atoms with Crippen molar-refractivity contribution in [2.45, 2.75) is 19.9 Å². The first-order valence-corrected chi connectivity index (χ1v) is 7.53. The van der Waals surface area contributed by atoms with Gasteiger partial charge in [-0.05, 0) is 42.3 Å². The maximum atomic E-state index is 12.9. The molecule has 5 nitrogen and oxygen atoms in total. The number of carbonyl (C=O) groups excluding carboxylic acids is 2. The summed E-state index contributed by atoms with van der Waals surface area (Å²) >= 11 is 0. The Morgan fingerprint density at radius 2 is 1.75 bits per heavy atom. The first kappa shape index (κ1) is 17.5. The average molecular weight is 330 g/mol. The largest absolute Gasteiger partial charge is 0.508 e. The van der Waals surface area contributed by atoms with E-state index in [4.69, 9.17) is 0 Å². The van der Waals surface area contributed by atoms with Crippen LogP contribution in [0.3, 0.4) is 0 Å². The van der Waals surface area contributed by atoms with Crippen LogP contribution in [0, 0.1) is 11.7 Å². The van der Waals surface area contributed by atoms with Gasteiger partial charge in [0.25, 0.3) is 5.91 Å². The smallest absolute Gasteiger partial charge is 0.251 e. The maximum absolute atomic E-state index is 12.9. The van der Waals surface area contributed by atoms with Crippen LogP contribution in [-0.4, -0.2) is 23.0 Å². The van der Waals surface area contributed by atoms with Crippen LogP contribution in [-0.2, 0) is 4.79 Å². The van der Waals surface area contributed by atoms with E-state index in [1.807, 2.05) is 0 Å². The second kappa shape index (κ2) is 7.59. The number of amides is 2. The van der Waals surface area contributed by atoms with Crippen molar-refractivity contribution in [2.24, 2.45) is 5.92 Å². The van der Waals surface area contributed by atoms with Gasteiger partial charge in [-0.3, -0.25) is 9.59 Å². The zero-order valence-corrected chi connectivity index (χ0v) is 13.4. The number of benzene rings is 2. The number of phenols is 1. The van der Waals surface area contributed by atoms with E-state index in [1.54, 1.807) is 26.0 Å². The summed E-state index contributed by atoms with van der Waals surface area (Å²) in [4.78, 5) is 24.6. The normalized spacial score (nSPS) is 11.8. The monoisotopic (exact) mass is 330 g/mol. The fourth-order valence-electron chi connectivity index (χ4n) is 2.16. The van der Waals surface area contributed by atoms with Crippen molar-refractivity contribution in [1.29, 1.82) is 0 Å². The minimum absolute atomic E-state index is 0.0317. The molecule has 0 spiro atoms. The third kappa shape index (κ3) is 4.55. The van der Waals surface area contributed by atoms with Gasteiger partial charge in [0, 0.05) is 17.3 Å². The minimum Gasteiger partial charge on any atom is -0.508 e. The second-order valence-electron chi connectivity index (χ2n) is 5.74. The molecule has 1 atom stereocenters. The average Bonchev–Trinajstić information content (AvgIpc) is 2.52. The summed E-state index contributed by atoms with van der Waals surface area (Å²) < 4.78 is 12.9. The van der Waals surface area contributed by atoms with Crippen molar-refractivity contribution in [3.05, 3.63) is 59.9 Å². The van der Waals surface area contributed by atoms with Crippen molar-refractivity contribution in [1.82, 2.24) is 5.32 Å². The summed E-state index contributed by atoms with van der Waals surface area (Å²) in [5.41, 5.74) is 0.703. The van der Waals surface area contributed by atoms with Crippen LogP contribution in [0.4, 0.5) is 10.1 Å². The molecule has 2 aromatic rings. The van der Waals surface area contributed by atoms with Crippen LogP contribution in [0.2, 0.25) is 0 Å². The fourth-order valence-corrected chi connectivity index (χ4v) is 2.16. The fraction of sp³-hybridized carbons (Fsp3) is 0.222. The highest BCUT2D eigenvalue weighted by Crippen LogP contribution is 2.16. The molecule has 126 valence electrons. The Balaban J connectivity index is 2.09. The number of aromatic hydroxyl groups is 1. The van der Waals surface area contributed by atoms with Crippen molar-refractivity contribution in [3.63, 3.8) is 0 Å². The number of halogens is 1. The van der Waals surface area contributed by atoms with Gasteiger partial charge in [-0.25, -0.2) is 4.39 Å². The Morgan fingerprint density at radius 3 is 2.33 bits per heavy atom. The molecule has 0 saturated carbocycles. The highest BCUT2D eigenvalue weighted by atomic mass is 19.1. The number of hydrogen-bond donors (Lipinski definition) is 3. The van der Waals surface area contributed by atoms with Crippen molar-refractivity contribution in [3.8, 4) is 5.75 Å². The van der Waals surface area contributed by atoms with Gasteiger partial charge in [0.2, 0.25) is 5.91 Å². The molecule has 3 N–H and O–H groups in total. The van der Waals surface area contributed by atoms with E-state index in [9.17, 15) is 19.1 Å². The molecule has 0 heterocycles. The van der Waals surface area contributed by atoms with E-state index in [1.165, 1.54) is 36.4 Å². The number of rotatable bonds is 5. The second-order valence-corrected chi connectivity index (χ2v) is 5.74. The minimum atomic E-state index is -0.773. The Hall–Kier alpha value is -2.89. The molecule has 0 bridgehead atoms. The van der Waals surface area contributed by atoms with Gasteiger partial charge < -0.3 is 15.7 Å². The lowest BCUT2D eigenvalue weighted by atomic mass is 10.0. The number of anilines is 1. The molecule has 2 rings (SSSR count). The standard InChI is InChI=1S/C18H19FN2O3/c1-11(2)16(18(24)20-14-4-3-5-15(22)10-14)21-17(23)12-6-8-13(19)9-7-12/h3-11,16,22H,1-2H3,(H,20,24)(H,21,23). The van der Waals surface area contributed by atoms with E-state index in [-0.39, 0.29) is 17.2 Å². The molecule has 0 radical (unpaired) electrons. The molecule has 1 unspecified atom stereocenters. The highest BCUT2D eigenvalue weighted by Gasteiger charge is 2.24. The summed E-state index contributed by atoms with van der Waals surface area (Å²) in [6.07, 6.45) is 0. The Morgan fingerprint density at radius 1 is 1.08 bits per heavy atom. The summed E-state index contributed by atoms with van der Waals surface area (Å²) in [5, 5.41) is 14.7. The Bertz CT molecular complexity index is 729. The van der Waals surface area contributed by atoms with Crippen molar-refractivity contribution >= 4 is 17.5 Å². The van der Waals surface area contributed by atoms with Crippen LogP contribution < -0.4 is 10.6 Å². The predicted molar refractivity (Wildman–Crippen MR) is 89.2 cm³/mol. The van der Waals surface area contributed by atoms with Gasteiger partial charge >= 0.3 is 0 Å². The number of phenolic OH excluding ortho intramolecular Hbond substituents is 1. The van der Waals surface area contributed by atoms with Crippen LogP contribution in [0.5, 0.6) is 5.75 Å². The molecule has 0 aliphatic heterocycles. The summed E-state index contributed by atoms with van der Waals surface area (Å²) in [6, 6.07) is 10.5. The number of carbonyl (C=O) groups is 2. The molecular formula is C18H19FN2O3. The lowest BCUT2D eigenvalue weighted by Gasteiger charge is -2.21. The molecule has 0 aliphatic rings. The third-order valence-electron chi connectivity index (χ3n) is 3.46. The van der Waals surface area contributed by atoms with Crippen LogP contribution in [0.1, 0.15) is 24.2 Å². The molecule has 2 amide bonds. The lowest BCUT2D eigenvalue weighted by molar-refractivity contribution is -0.118. The first-order valence-electron chi connectivity index (χ1n) is 7.53. The van der Waals surface area contributed by atoms with Gasteiger partial charge in [-0.2, -0.15) is 0 Å². The van der Waals surface area contributed by atoms with Crippen LogP contribution in [0.15, 0.2) is 48.5 Å². The van der Waals surface area contributed by atoms with E-state index in [2.05, 4.69) is 10.6 Å². The molecule has 2 aromatic carbocycles. The first-order chi connectivity index (χ1) is 11.4. The Labute approximate surface area is 139 Å². The van der Waals surface area contributed by atoms with E-state index in [0.717, 1.165) is 0 Å². The molecule has 0 fully saturated rings. The molecule has 0 aliphatic carbocycles. The van der Waals surface area contributed by atoms with Crippen molar-refractivity contribution in [2.75, 3.05) is 5.32 Å². The molecule has 6 heteroatoms. The summed E-state index contributed by atoms with van der Waals surface area (Å²) in [6.45, 7) is 3.61.